The van der Waals surface area contributed by atoms with E-state index in [4.69, 9.17) is 9.47 Å². The first-order valence-corrected chi connectivity index (χ1v) is 8.36. The summed E-state index contributed by atoms with van der Waals surface area (Å²) < 4.78 is 36.5. The maximum absolute atomic E-state index is 12.1. The molecule has 1 rings (SSSR count). The fourth-order valence-electron chi connectivity index (χ4n) is 1.68. The lowest BCUT2D eigenvalue weighted by molar-refractivity contribution is -0.396. The van der Waals surface area contributed by atoms with E-state index in [2.05, 4.69) is 4.72 Å². The lowest BCUT2D eigenvalue weighted by Crippen LogP contribution is -2.28. The van der Waals surface area contributed by atoms with Crippen molar-refractivity contribution in [1.82, 2.24) is 4.72 Å². The molecule has 0 amide bonds. The van der Waals surface area contributed by atoms with Gasteiger partial charge in [-0.05, 0) is 13.0 Å². The molecule has 0 spiro atoms. The van der Waals surface area contributed by atoms with Gasteiger partial charge in [-0.25, -0.2) is 13.1 Å². The van der Waals surface area contributed by atoms with Gasteiger partial charge >= 0.3 is 0 Å². The quantitative estimate of drug-likeness (QED) is 0.345. The molecule has 0 atom stereocenters. The van der Waals surface area contributed by atoms with E-state index in [1.807, 2.05) is 6.92 Å². The molecular formula is C12H17N3O8S. The number of sulfonamides is 1. The number of rotatable bonds is 11. The molecule has 0 radical (unpaired) electrons. The average Bonchev–Trinajstić information content (AvgIpc) is 2.53. The Labute approximate surface area is 137 Å². The standard InChI is InChI=1S/C12H17N3O8S/c1-2-22-7-8-23-6-5-13-24(20,21)12-4-3-10(14(16)17)9-11(12)15(18)19/h3-4,9,13H,2,5-8H2,1H3. The van der Waals surface area contributed by atoms with Gasteiger partial charge in [0, 0.05) is 19.2 Å². The van der Waals surface area contributed by atoms with Crippen LogP contribution >= 0.6 is 0 Å². The molecule has 0 saturated heterocycles. The van der Waals surface area contributed by atoms with Crippen molar-refractivity contribution in [2.75, 3.05) is 33.0 Å². The molecule has 0 heterocycles. The van der Waals surface area contributed by atoms with E-state index in [9.17, 15) is 28.6 Å². The molecule has 24 heavy (non-hydrogen) atoms. The smallest absolute Gasteiger partial charge is 0.296 e. The first-order chi connectivity index (χ1) is 11.3. The van der Waals surface area contributed by atoms with Crippen LogP contribution in [0.15, 0.2) is 23.1 Å². The third kappa shape index (κ3) is 5.81. The summed E-state index contributed by atoms with van der Waals surface area (Å²) in [6, 6.07) is 2.32. The lowest BCUT2D eigenvalue weighted by atomic mass is 10.3. The van der Waals surface area contributed by atoms with Crippen molar-refractivity contribution in [3.63, 3.8) is 0 Å². The zero-order chi connectivity index (χ0) is 18.2. The Bertz CT molecular complexity index is 692. The minimum absolute atomic E-state index is 0.0487. The van der Waals surface area contributed by atoms with Crippen molar-refractivity contribution in [2.45, 2.75) is 11.8 Å². The Morgan fingerprint density at radius 2 is 1.75 bits per heavy atom. The fourth-order valence-corrected chi connectivity index (χ4v) is 2.84. The van der Waals surface area contributed by atoms with Gasteiger partial charge in [-0.2, -0.15) is 0 Å². The highest BCUT2D eigenvalue weighted by Gasteiger charge is 2.28. The van der Waals surface area contributed by atoms with Crippen molar-refractivity contribution >= 4 is 21.4 Å². The molecule has 0 aliphatic carbocycles. The number of nitrogens with zero attached hydrogens (tertiary/aromatic N) is 2. The molecule has 12 heteroatoms. The summed E-state index contributed by atoms with van der Waals surface area (Å²) in [4.78, 5) is 19.1. The SMILES string of the molecule is CCOCCOCCNS(=O)(=O)c1ccc([N+](=O)[O-])cc1[N+](=O)[O-]. The molecule has 0 fully saturated rings. The maximum atomic E-state index is 12.1. The van der Waals surface area contributed by atoms with Crippen LogP contribution in [0, 0.1) is 20.2 Å². The minimum atomic E-state index is -4.20. The Morgan fingerprint density at radius 3 is 2.33 bits per heavy atom. The van der Waals surface area contributed by atoms with Gasteiger partial charge in [0.05, 0.1) is 35.7 Å². The minimum Gasteiger partial charge on any atom is -0.379 e. The van der Waals surface area contributed by atoms with Gasteiger partial charge in [0.15, 0.2) is 4.90 Å². The molecule has 0 aliphatic rings. The topological polar surface area (TPSA) is 151 Å². The summed E-state index contributed by atoms with van der Waals surface area (Å²) in [5.41, 5.74) is -1.44. The first kappa shape index (κ1) is 19.9. The van der Waals surface area contributed by atoms with Crippen LogP contribution in [0.3, 0.4) is 0 Å². The van der Waals surface area contributed by atoms with Crippen molar-refractivity contribution < 1.29 is 27.7 Å². The van der Waals surface area contributed by atoms with Gasteiger partial charge in [-0.1, -0.05) is 0 Å². The molecule has 0 bridgehead atoms. The number of hydrogen-bond acceptors (Lipinski definition) is 8. The molecule has 1 aromatic carbocycles. The van der Waals surface area contributed by atoms with Crippen LogP contribution < -0.4 is 4.72 Å². The molecule has 134 valence electrons. The van der Waals surface area contributed by atoms with Gasteiger partial charge in [-0.3, -0.25) is 20.2 Å². The van der Waals surface area contributed by atoms with Gasteiger partial charge in [-0.15, -0.1) is 0 Å². The lowest BCUT2D eigenvalue weighted by Gasteiger charge is -2.08. The number of nitro groups is 2. The Morgan fingerprint density at radius 1 is 1.08 bits per heavy atom. The molecule has 0 aliphatic heterocycles. The maximum Gasteiger partial charge on any atom is 0.296 e. The van der Waals surface area contributed by atoms with Crippen LogP contribution in [0.1, 0.15) is 6.92 Å². The van der Waals surface area contributed by atoms with Crippen LogP contribution in [-0.4, -0.2) is 51.2 Å². The van der Waals surface area contributed by atoms with E-state index in [1.54, 1.807) is 0 Å². The summed E-state index contributed by atoms with van der Waals surface area (Å²) in [5, 5.41) is 21.6. The molecule has 11 nitrogen and oxygen atoms in total. The van der Waals surface area contributed by atoms with Gasteiger partial charge in [0.1, 0.15) is 0 Å². The highest BCUT2D eigenvalue weighted by atomic mass is 32.2. The van der Waals surface area contributed by atoms with Crippen LogP contribution in [0.2, 0.25) is 0 Å². The fraction of sp³-hybridized carbons (Fsp3) is 0.500. The molecular weight excluding hydrogens is 346 g/mol. The monoisotopic (exact) mass is 363 g/mol. The van der Waals surface area contributed by atoms with E-state index in [0.717, 1.165) is 12.1 Å². The Kier molecular flexibility index (Phi) is 7.64. The van der Waals surface area contributed by atoms with E-state index < -0.39 is 36.1 Å². The second-order valence-electron chi connectivity index (χ2n) is 4.37. The van der Waals surface area contributed by atoms with Crippen molar-refractivity contribution in [3.05, 3.63) is 38.4 Å². The third-order valence-corrected chi connectivity index (χ3v) is 4.26. The second kappa shape index (κ2) is 9.22. The summed E-state index contributed by atoms with van der Waals surface area (Å²) in [6.45, 7) is 2.96. The highest BCUT2D eigenvalue weighted by molar-refractivity contribution is 7.89. The molecule has 1 N–H and O–H groups in total. The van der Waals surface area contributed by atoms with Crippen molar-refractivity contribution in [1.29, 1.82) is 0 Å². The van der Waals surface area contributed by atoms with Gasteiger partial charge < -0.3 is 9.47 Å². The molecule has 0 saturated carbocycles. The summed E-state index contributed by atoms with van der Waals surface area (Å²) in [7, 11) is -4.20. The number of hydrogen-bond donors (Lipinski definition) is 1. The van der Waals surface area contributed by atoms with E-state index >= 15 is 0 Å². The van der Waals surface area contributed by atoms with Crippen LogP contribution in [0.5, 0.6) is 0 Å². The van der Waals surface area contributed by atoms with Crippen LogP contribution in [0.25, 0.3) is 0 Å². The Hall–Kier alpha value is -2.15. The van der Waals surface area contributed by atoms with E-state index in [0.29, 0.717) is 19.3 Å². The summed E-state index contributed by atoms with van der Waals surface area (Å²) in [6.07, 6.45) is 0. The predicted molar refractivity (Wildman–Crippen MR) is 82.3 cm³/mol. The van der Waals surface area contributed by atoms with E-state index in [1.165, 1.54) is 0 Å². The number of non-ortho nitro benzene ring substituents is 1. The highest BCUT2D eigenvalue weighted by Crippen LogP contribution is 2.27. The zero-order valence-corrected chi connectivity index (χ0v) is 13.7. The van der Waals surface area contributed by atoms with Crippen LogP contribution in [-0.2, 0) is 19.5 Å². The van der Waals surface area contributed by atoms with Gasteiger partial charge in [0.2, 0.25) is 10.0 Å². The molecule has 0 unspecified atom stereocenters. The normalized spacial score (nSPS) is 11.4. The second-order valence-corrected chi connectivity index (χ2v) is 6.11. The third-order valence-electron chi connectivity index (χ3n) is 2.75. The first-order valence-electron chi connectivity index (χ1n) is 6.87. The van der Waals surface area contributed by atoms with Crippen LogP contribution in [0.4, 0.5) is 11.4 Å². The zero-order valence-electron chi connectivity index (χ0n) is 12.8. The number of benzene rings is 1. The largest absolute Gasteiger partial charge is 0.379 e. The number of nitro benzene ring substituents is 2. The molecule has 1 aromatic rings. The van der Waals surface area contributed by atoms with Crippen molar-refractivity contribution in [3.8, 4) is 0 Å². The number of ether oxygens (including phenoxy) is 2. The predicted octanol–water partition coefficient (Wildman–Crippen LogP) is 0.834. The molecule has 0 aromatic heterocycles. The van der Waals surface area contributed by atoms with E-state index in [-0.39, 0.29) is 19.8 Å². The Balaban J connectivity index is 2.76. The summed E-state index contributed by atoms with van der Waals surface area (Å²) >= 11 is 0. The number of nitrogens with one attached hydrogen (secondary N) is 1. The average molecular weight is 363 g/mol. The van der Waals surface area contributed by atoms with Crippen molar-refractivity contribution in [2.24, 2.45) is 0 Å². The van der Waals surface area contributed by atoms with Gasteiger partial charge in [0.25, 0.3) is 11.4 Å². The summed E-state index contributed by atoms with van der Waals surface area (Å²) in [5.74, 6) is 0.